The number of halogens is 3. The molecule has 0 spiro atoms. The van der Waals surface area contributed by atoms with E-state index in [1.807, 2.05) is 0 Å². The number of nitrogens with zero attached hydrogens (tertiary/aromatic N) is 1. The average Bonchev–Trinajstić information content (AvgIpc) is 2.66. The number of nitrogens with one attached hydrogen (secondary N) is 1. The number of pyridine rings is 1. The molecule has 5 nitrogen and oxygen atoms in total. The Balaban J connectivity index is 1.77. The van der Waals surface area contributed by atoms with Crippen LogP contribution in [0.2, 0.25) is 0 Å². The Morgan fingerprint density at radius 1 is 1.11 bits per heavy atom. The van der Waals surface area contributed by atoms with Gasteiger partial charge in [-0.2, -0.15) is 13.2 Å². The van der Waals surface area contributed by atoms with Crippen molar-refractivity contribution in [3.63, 3.8) is 0 Å². The number of carbonyl (C=O) groups is 1. The quantitative estimate of drug-likeness (QED) is 0.719. The van der Waals surface area contributed by atoms with Crippen LogP contribution in [0.1, 0.15) is 21.5 Å². The molecule has 28 heavy (non-hydrogen) atoms. The lowest BCUT2D eigenvalue weighted by atomic mass is 10.1. The zero-order valence-electron chi connectivity index (χ0n) is 14.9. The maximum atomic E-state index is 12.6. The van der Waals surface area contributed by atoms with E-state index in [0.29, 0.717) is 22.9 Å². The lowest BCUT2D eigenvalue weighted by molar-refractivity contribution is -0.137. The highest BCUT2D eigenvalue weighted by atomic mass is 19.4. The number of hydrogen-bond acceptors (Lipinski definition) is 3. The van der Waals surface area contributed by atoms with Gasteiger partial charge in [-0.15, -0.1) is 0 Å². The van der Waals surface area contributed by atoms with Crippen LogP contribution in [0.3, 0.4) is 0 Å². The van der Waals surface area contributed by atoms with E-state index in [2.05, 4.69) is 5.32 Å². The van der Waals surface area contributed by atoms with Crippen LogP contribution >= 0.6 is 0 Å². The zero-order chi connectivity index (χ0) is 20.5. The van der Waals surface area contributed by atoms with Crippen molar-refractivity contribution in [2.24, 2.45) is 7.05 Å². The van der Waals surface area contributed by atoms with Gasteiger partial charge in [0.2, 0.25) is 0 Å². The second-order valence-electron chi connectivity index (χ2n) is 6.31. The van der Waals surface area contributed by atoms with Crippen LogP contribution in [0.15, 0.2) is 53.3 Å². The molecule has 2 N–H and O–H groups in total. The molecule has 0 bridgehead atoms. The Bertz CT molecular complexity index is 1090. The first-order valence-corrected chi connectivity index (χ1v) is 8.45. The number of aromatic hydroxyl groups is 1. The number of carbonyl (C=O) groups excluding carboxylic acids is 1. The molecule has 0 radical (unpaired) electrons. The van der Waals surface area contributed by atoms with Gasteiger partial charge in [0.15, 0.2) is 5.75 Å². The minimum Gasteiger partial charge on any atom is -0.502 e. The maximum Gasteiger partial charge on any atom is 0.416 e. The lowest BCUT2D eigenvalue weighted by Gasteiger charge is -2.12. The topological polar surface area (TPSA) is 71.3 Å². The number of para-hydroxylation sites is 1. The van der Waals surface area contributed by atoms with Crippen molar-refractivity contribution in [3.05, 3.63) is 75.6 Å². The van der Waals surface area contributed by atoms with E-state index in [4.69, 9.17) is 0 Å². The van der Waals surface area contributed by atoms with Gasteiger partial charge in [-0.05, 0) is 30.2 Å². The van der Waals surface area contributed by atoms with Crippen LogP contribution in [0.25, 0.3) is 10.9 Å². The first kappa shape index (κ1) is 19.5. The van der Waals surface area contributed by atoms with Gasteiger partial charge in [0.1, 0.15) is 0 Å². The number of hydrogen-bond donors (Lipinski definition) is 2. The number of benzene rings is 2. The van der Waals surface area contributed by atoms with E-state index in [1.54, 1.807) is 24.3 Å². The molecule has 0 unspecified atom stereocenters. The van der Waals surface area contributed by atoms with E-state index in [-0.39, 0.29) is 12.1 Å². The Hall–Kier alpha value is -3.29. The maximum absolute atomic E-state index is 12.6. The Morgan fingerprint density at radius 3 is 2.39 bits per heavy atom. The minimum atomic E-state index is -4.40. The SMILES string of the molecule is Cn1c(=O)c(O)c(C(=O)NCCc2ccc(C(F)(F)F)cc2)c2ccccc21. The van der Waals surface area contributed by atoms with Crippen molar-refractivity contribution in [1.82, 2.24) is 9.88 Å². The number of rotatable bonds is 4. The average molecular weight is 390 g/mol. The van der Waals surface area contributed by atoms with Crippen LogP contribution in [0.5, 0.6) is 5.75 Å². The van der Waals surface area contributed by atoms with Crippen LogP contribution < -0.4 is 10.9 Å². The summed E-state index contributed by atoms with van der Waals surface area (Å²) >= 11 is 0. The van der Waals surface area contributed by atoms with Crippen molar-refractivity contribution in [2.75, 3.05) is 6.54 Å². The third kappa shape index (κ3) is 3.71. The van der Waals surface area contributed by atoms with Gasteiger partial charge >= 0.3 is 6.18 Å². The first-order chi connectivity index (χ1) is 13.2. The Labute approximate surface area is 158 Å². The molecule has 3 rings (SSSR count). The van der Waals surface area contributed by atoms with Crippen LogP contribution in [0.4, 0.5) is 13.2 Å². The first-order valence-electron chi connectivity index (χ1n) is 8.45. The standard InChI is InChI=1S/C20H17F3N2O3/c1-25-15-5-3-2-4-14(15)16(17(26)19(25)28)18(27)24-11-10-12-6-8-13(9-7-12)20(21,22)23/h2-9,26H,10-11H2,1H3,(H,24,27). The summed E-state index contributed by atoms with van der Waals surface area (Å²) in [5.41, 5.74) is -0.431. The molecule has 0 atom stereocenters. The van der Waals surface area contributed by atoms with Gasteiger partial charge in [-0.3, -0.25) is 9.59 Å². The molecule has 0 aliphatic rings. The molecular formula is C20H17F3N2O3. The van der Waals surface area contributed by atoms with E-state index < -0.39 is 29.0 Å². The highest BCUT2D eigenvalue weighted by molar-refractivity contribution is 6.08. The summed E-state index contributed by atoms with van der Waals surface area (Å²) in [4.78, 5) is 24.7. The summed E-state index contributed by atoms with van der Waals surface area (Å²) in [6.45, 7) is 0.132. The van der Waals surface area contributed by atoms with E-state index in [9.17, 15) is 27.9 Å². The van der Waals surface area contributed by atoms with Crippen molar-refractivity contribution in [3.8, 4) is 5.75 Å². The minimum absolute atomic E-state index is 0.119. The predicted octanol–water partition coefficient (Wildman–Crippen LogP) is 3.24. The smallest absolute Gasteiger partial charge is 0.416 e. The molecule has 3 aromatic rings. The third-order valence-electron chi connectivity index (χ3n) is 4.49. The molecule has 8 heteroatoms. The highest BCUT2D eigenvalue weighted by Gasteiger charge is 2.29. The van der Waals surface area contributed by atoms with E-state index in [0.717, 1.165) is 12.1 Å². The number of aromatic nitrogens is 1. The monoisotopic (exact) mass is 390 g/mol. The Kier molecular flexibility index (Phi) is 5.13. The third-order valence-corrected chi connectivity index (χ3v) is 4.49. The van der Waals surface area contributed by atoms with Crippen molar-refractivity contribution in [2.45, 2.75) is 12.6 Å². The van der Waals surface area contributed by atoms with Gasteiger partial charge in [-0.25, -0.2) is 0 Å². The summed E-state index contributed by atoms with van der Waals surface area (Å²) in [7, 11) is 1.50. The van der Waals surface area contributed by atoms with Gasteiger partial charge < -0.3 is 15.0 Å². The molecule has 146 valence electrons. The largest absolute Gasteiger partial charge is 0.502 e. The number of alkyl halides is 3. The molecule has 0 saturated heterocycles. The fraction of sp³-hybridized carbons (Fsp3) is 0.200. The normalized spacial score (nSPS) is 11.6. The molecule has 1 aromatic heterocycles. The second-order valence-corrected chi connectivity index (χ2v) is 6.31. The second kappa shape index (κ2) is 7.38. The van der Waals surface area contributed by atoms with Gasteiger partial charge in [0, 0.05) is 19.0 Å². The Morgan fingerprint density at radius 2 is 1.75 bits per heavy atom. The molecule has 1 heterocycles. The molecule has 0 fully saturated rings. The molecule has 0 saturated carbocycles. The fourth-order valence-corrected chi connectivity index (χ4v) is 2.98. The van der Waals surface area contributed by atoms with Crippen molar-refractivity contribution in [1.29, 1.82) is 0 Å². The summed E-state index contributed by atoms with van der Waals surface area (Å²) in [5, 5.41) is 13.2. The van der Waals surface area contributed by atoms with Crippen molar-refractivity contribution < 1.29 is 23.1 Å². The summed E-state index contributed by atoms with van der Waals surface area (Å²) in [5.74, 6) is -1.27. The summed E-state index contributed by atoms with van der Waals surface area (Å²) < 4.78 is 39.0. The number of amides is 1. The number of aryl methyl sites for hydroxylation is 1. The lowest BCUT2D eigenvalue weighted by Crippen LogP contribution is -2.29. The van der Waals surface area contributed by atoms with Gasteiger partial charge in [0.05, 0.1) is 16.6 Å². The molecule has 2 aromatic carbocycles. The molecular weight excluding hydrogens is 373 g/mol. The number of fused-ring (bicyclic) bond motifs is 1. The van der Waals surface area contributed by atoms with Gasteiger partial charge in [-0.1, -0.05) is 30.3 Å². The summed E-state index contributed by atoms with van der Waals surface area (Å²) in [6, 6.07) is 11.3. The van der Waals surface area contributed by atoms with Gasteiger partial charge in [0.25, 0.3) is 11.5 Å². The predicted molar refractivity (Wildman–Crippen MR) is 98.3 cm³/mol. The van der Waals surface area contributed by atoms with E-state index >= 15 is 0 Å². The molecule has 0 aliphatic carbocycles. The molecule has 0 aliphatic heterocycles. The zero-order valence-corrected chi connectivity index (χ0v) is 14.9. The van der Waals surface area contributed by atoms with E-state index in [1.165, 1.54) is 23.7 Å². The fourth-order valence-electron chi connectivity index (χ4n) is 2.98. The van der Waals surface area contributed by atoms with Crippen LogP contribution in [-0.2, 0) is 19.6 Å². The summed E-state index contributed by atoms with van der Waals surface area (Å²) in [6.07, 6.45) is -4.10. The highest BCUT2D eigenvalue weighted by Crippen LogP contribution is 2.29. The molecule has 1 amide bonds. The van der Waals surface area contributed by atoms with Crippen LogP contribution in [0, 0.1) is 0 Å². The van der Waals surface area contributed by atoms with Crippen molar-refractivity contribution >= 4 is 16.8 Å². The van der Waals surface area contributed by atoms with Crippen LogP contribution in [-0.4, -0.2) is 22.1 Å².